The van der Waals surface area contributed by atoms with Gasteiger partial charge in [0.25, 0.3) is 0 Å². The van der Waals surface area contributed by atoms with Gasteiger partial charge in [0.05, 0.1) is 11.4 Å². The summed E-state index contributed by atoms with van der Waals surface area (Å²) in [6.07, 6.45) is -0.365. The number of anilines is 2. The predicted molar refractivity (Wildman–Crippen MR) is 61.8 cm³/mol. The van der Waals surface area contributed by atoms with Crippen LogP contribution in [-0.4, -0.2) is 25.3 Å². The molecule has 0 saturated heterocycles. The molecule has 1 aliphatic rings. The molecule has 1 aliphatic heterocycles. The van der Waals surface area contributed by atoms with Gasteiger partial charge in [-0.2, -0.15) is 0 Å². The van der Waals surface area contributed by atoms with Crippen molar-refractivity contribution >= 4 is 17.3 Å². The third kappa shape index (κ3) is 2.35. The molecule has 0 aliphatic carbocycles. The van der Waals surface area contributed by atoms with Crippen molar-refractivity contribution in [3.8, 4) is 11.5 Å². The lowest BCUT2D eigenvalue weighted by Crippen LogP contribution is -2.34. The zero-order valence-electron chi connectivity index (χ0n) is 9.43. The summed E-state index contributed by atoms with van der Waals surface area (Å²) < 4.78 is 15.9. The minimum Gasteiger partial charge on any atom is -0.483 e. The fourth-order valence-corrected chi connectivity index (χ4v) is 1.53. The van der Waals surface area contributed by atoms with Crippen molar-refractivity contribution in [1.29, 1.82) is 0 Å². The molecule has 0 spiro atoms. The molecule has 0 fully saturated rings. The Morgan fingerprint density at radius 2 is 2.06 bits per heavy atom. The molecule has 1 heterocycles. The molecule has 1 aromatic rings. The average Bonchev–Trinajstić information content (AvgIpc) is 2.31. The first-order valence-electron chi connectivity index (χ1n) is 5.18. The molecule has 1 unspecified atom stereocenters. The van der Waals surface area contributed by atoms with Gasteiger partial charge < -0.3 is 25.7 Å². The second-order valence-corrected chi connectivity index (χ2v) is 3.76. The molecule has 1 aromatic carbocycles. The van der Waals surface area contributed by atoms with Crippen LogP contribution in [0.25, 0.3) is 0 Å². The highest BCUT2D eigenvalue weighted by atomic mass is 16.6. The lowest BCUT2D eigenvalue weighted by Gasteiger charge is -2.27. The van der Waals surface area contributed by atoms with Crippen molar-refractivity contribution in [2.24, 2.45) is 0 Å². The van der Waals surface area contributed by atoms with Gasteiger partial charge in [-0.3, -0.25) is 4.79 Å². The number of nitrogens with two attached hydrogens (primary N) is 2. The normalized spacial score (nSPS) is 17.6. The molecule has 4 N–H and O–H groups in total. The van der Waals surface area contributed by atoms with E-state index in [1.54, 1.807) is 12.1 Å². The molecule has 6 heteroatoms. The van der Waals surface area contributed by atoms with E-state index in [0.717, 1.165) is 0 Å². The Hall–Kier alpha value is -2.11. The van der Waals surface area contributed by atoms with E-state index in [-0.39, 0.29) is 25.3 Å². The Bertz CT molecular complexity index is 447. The van der Waals surface area contributed by atoms with E-state index in [2.05, 4.69) is 0 Å². The van der Waals surface area contributed by atoms with Crippen molar-refractivity contribution < 1.29 is 19.0 Å². The second kappa shape index (κ2) is 4.40. The van der Waals surface area contributed by atoms with Gasteiger partial charge in [-0.15, -0.1) is 0 Å². The van der Waals surface area contributed by atoms with E-state index in [9.17, 15) is 4.79 Å². The van der Waals surface area contributed by atoms with Gasteiger partial charge in [-0.05, 0) is 12.1 Å². The number of carbonyl (C=O) groups is 1. The Balaban J connectivity index is 2.13. The maximum Gasteiger partial charge on any atom is 0.302 e. The first kappa shape index (κ1) is 11.4. The molecule has 0 saturated carbocycles. The van der Waals surface area contributed by atoms with Crippen LogP contribution in [0.3, 0.4) is 0 Å². The van der Waals surface area contributed by atoms with Crippen LogP contribution in [0.5, 0.6) is 11.5 Å². The van der Waals surface area contributed by atoms with Crippen LogP contribution in [-0.2, 0) is 9.53 Å². The average molecular weight is 238 g/mol. The van der Waals surface area contributed by atoms with Crippen LogP contribution in [0, 0.1) is 0 Å². The van der Waals surface area contributed by atoms with Crippen LogP contribution in [0.15, 0.2) is 12.1 Å². The van der Waals surface area contributed by atoms with Crippen molar-refractivity contribution in [3.05, 3.63) is 12.1 Å². The second-order valence-electron chi connectivity index (χ2n) is 3.76. The van der Waals surface area contributed by atoms with Crippen LogP contribution in [0.1, 0.15) is 6.92 Å². The molecular formula is C11H14N2O4. The van der Waals surface area contributed by atoms with Crippen molar-refractivity contribution in [2.75, 3.05) is 24.7 Å². The van der Waals surface area contributed by atoms with E-state index in [1.807, 2.05) is 0 Å². The molecule has 2 rings (SSSR count). The van der Waals surface area contributed by atoms with E-state index in [4.69, 9.17) is 25.7 Å². The molecule has 92 valence electrons. The van der Waals surface area contributed by atoms with Gasteiger partial charge in [0.2, 0.25) is 0 Å². The maximum atomic E-state index is 10.7. The number of ether oxygens (including phenoxy) is 3. The summed E-state index contributed by atoms with van der Waals surface area (Å²) >= 11 is 0. The highest BCUT2D eigenvalue weighted by molar-refractivity contribution is 5.71. The summed E-state index contributed by atoms with van der Waals surface area (Å²) in [7, 11) is 0. The van der Waals surface area contributed by atoms with Crippen molar-refractivity contribution in [3.63, 3.8) is 0 Å². The van der Waals surface area contributed by atoms with Crippen molar-refractivity contribution in [1.82, 2.24) is 0 Å². The standard InChI is InChI=1S/C11H14N2O4/c1-6(14)15-4-7-5-16-10-8(12)2-3-9(13)11(10)17-7/h2-3,7H,4-5,12-13H2,1H3. The first-order valence-corrected chi connectivity index (χ1v) is 5.18. The third-order valence-corrected chi connectivity index (χ3v) is 2.34. The van der Waals surface area contributed by atoms with Crippen LogP contribution >= 0.6 is 0 Å². The van der Waals surface area contributed by atoms with E-state index < -0.39 is 0 Å². The number of hydrogen-bond donors (Lipinski definition) is 2. The lowest BCUT2D eigenvalue weighted by atomic mass is 10.2. The molecule has 0 bridgehead atoms. The number of nitrogen functional groups attached to an aromatic ring is 2. The molecule has 6 nitrogen and oxygen atoms in total. The first-order chi connectivity index (χ1) is 8.08. The van der Waals surface area contributed by atoms with Gasteiger partial charge in [0.1, 0.15) is 13.2 Å². The molecular weight excluding hydrogens is 224 g/mol. The summed E-state index contributed by atoms with van der Waals surface area (Å²) in [6, 6.07) is 3.30. The SMILES string of the molecule is CC(=O)OCC1COc2c(N)ccc(N)c2O1. The molecule has 0 aromatic heterocycles. The molecule has 17 heavy (non-hydrogen) atoms. The van der Waals surface area contributed by atoms with Gasteiger partial charge in [-0.25, -0.2) is 0 Å². The van der Waals surface area contributed by atoms with Crippen LogP contribution in [0.4, 0.5) is 11.4 Å². The fourth-order valence-electron chi connectivity index (χ4n) is 1.53. The molecule has 1 atom stereocenters. The summed E-state index contributed by atoms with van der Waals surface area (Å²) in [6.45, 7) is 1.74. The minimum absolute atomic E-state index is 0.128. The Morgan fingerprint density at radius 1 is 1.41 bits per heavy atom. The Labute approximate surface area is 98.4 Å². The maximum absolute atomic E-state index is 10.7. The summed E-state index contributed by atoms with van der Waals surface area (Å²) in [5.74, 6) is 0.498. The van der Waals surface area contributed by atoms with Crippen molar-refractivity contribution in [2.45, 2.75) is 13.0 Å². The Morgan fingerprint density at radius 3 is 2.71 bits per heavy atom. The summed E-state index contributed by atoms with van der Waals surface area (Å²) in [4.78, 5) is 10.7. The fraction of sp³-hybridized carbons (Fsp3) is 0.364. The number of hydrogen-bond acceptors (Lipinski definition) is 6. The predicted octanol–water partition coefficient (Wildman–Crippen LogP) is 0.554. The monoisotopic (exact) mass is 238 g/mol. The largest absolute Gasteiger partial charge is 0.483 e. The number of carbonyl (C=O) groups excluding carboxylic acids is 1. The minimum atomic E-state index is -0.365. The summed E-state index contributed by atoms with van der Waals surface area (Å²) in [5.41, 5.74) is 12.4. The van der Waals surface area contributed by atoms with E-state index in [1.165, 1.54) is 6.92 Å². The smallest absolute Gasteiger partial charge is 0.302 e. The number of benzene rings is 1. The van der Waals surface area contributed by atoms with E-state index >= 15 is 0 Å². The summed E-state index contributed by atoms with van der Waals surface area (Å²) in [5, 5.41) is 0. The van der Waals surface area contributed by atoms with Gasteiger partial charge in [0, 0.05) is 6.92 Å². The van der Waals surface area contributed by atoms with Crippen LogP contribution < -0.4 is 20.9 Å². The number of rotatable bonds is 2. The number of fused-ring (bicyclic) bond motifs is 1. The highest BCUT2D eigenvalue weighted by Gasteiger charge is 2.25. The van der Waals surface area contributed by atoms with Gasteiger partial charge >= 0.3 is 5.97 Å². The Kier molecular flexibility index (Phi) is 2.95. The topological polar surface area (TPSA) is 96.8 Å². The van der Waals surface area contributed by atoms with Gasteiger partial charge in [-0.1, -0.05) is 0 Å². The molecule has 0 radical (unpaired) electrons. The number of esters is 1. The lowest BCUT2D eigenvalue weighted by molar-refractivity contribution is -0.144. The zero-order valence-corrected chi connectivity index (χ0v) is 9.43. The zero-order chi connectivity index (χ0) is 12.4. The highest BCUT2D eigenvalue weighted by Crippen LogP contribution is 2.41. The quantitative estimate of drug-likeness (QED) is 0.577. The third-order valence-electron chi connectivity index (χ3n) is 2.34. The molecule has 0 amide bonds. The van der Waals surface area contributed by atoms with E-state index in [0.29, 0.717) is 22.9 Å². The van der Waals surface area contributed by atoms with Crippen LogP contribution in [0.2, 0.25) is 0 Å². The van der Waals surface area contributed by atoms with Gasteiger partial charge in [0.15, 0.2) is 17.6 Å².